The Hall–Kier alpha value is -3.25. The maximum atomic E-state index is 14.6. The van der Waals surface area contributed by atoms with Crippen molar-refractivity contribution in [1.82, 2.24) is 14.7 Å². The molecule has 0 amide bonds. The number of ether oxygens (including phenoxy) is 2. The van der Waals surface area contributed by atoms with Gasteiger partial charge in [-0.25, -0.2) is 12.8 Å². The number of nitrogens with one attached hydrogen (secondary N) is 1. The predicted molar refractivity (Wildman–Crippen MR) is 103 cm³/mol. The van der Waals surface area contributed by atoms with E-state index in [2.05, 4.69) is 19.4 Å². The van der Waals surface area contributed by atoms with Crippen molar-refractivity contribution >= 4 is 10.0 Å². The lowest BCUT2D eigenvalue weighted by Crippen LogP contribution is -2.50. The summed E-state index contributed by atoms with van der Waals surface area (Å²) in [6.45, 7) is 0.0384. The van der Waals surface area contributed by atoms with E-state index < -0.39 is 33.5 Å². The topological polar surface area (TPSA) is 90.4 Å². The van der Waals surface area contributed by atoms with Crippen molar-refractivity contribution in [3.8, 4) is 11.5 Å². The van der Waals surface area contributed by atoms with Gasteiger partial charge in [0.1, 0.15) is 21.9 Å². The van der Waals surface area contributed by atoms with Crippen molar-refractivity contribution in [2.45, 2.75) is 23.2 Å². The number of nitrogens with zero attached hydrogens (tertiary/aromatic N) is 2. The maximum absolute atomic E-state index is 14.6. The highest BCUT2D eigenvalue weighted by atomic mass is 32.2. The van der Waals surface area contributed by atoms with Crippen LogP contribution in [0.5, 0.6) is 11.5 Å². The first-order valence-corrected chi connectivity index (χ1v) is 10.7. The van der Waals surface area contributed by atoms with Gasteiger partial charge in [0.2, 0.25) is 10.0 Å². The Morgan fingerprint density at radius 2 is 1.91 bits per heavy atom. The molecule has 3 heterocycles. The second-order valence-electron chi connectivity index (χ2n) is 6.84. The summed E-state index contributed by atoms with van der Waals surface area (Å²) in [6, 6.07) is 8.62. The molecule has 0 radical (unpaired) electrons. The van der Waals surface area contributed by atoms with E-state index in [9.17, 15) is 26.0 Å². The minimum atomic E-state index is -5.09. The Balaban J connectivity index is 1.86. The fourth-order valence-corrected chi connectivity index (χ4v) is 4.82. The summed E-state index contributed by atoms with van der Waals surface area (Å²) >= 11 is 0. The zero-order valence-corrected chi connectivity index (χ0v) is 17.0. The van der Waals surface area contributed by atoms with Gasteiger partial charge in [0.25, 0.3) is 0 Å². The van der Waals surface area contributed by atoms with Crippen molar-refractivity contribution in [2.24, 2.45) is 0 Å². The summed E-state index contributed by atoms with van der Waals surface area (Å²) in [5.41, 5.74) is -1.45. The Morgan fingerprint density at radius 1 is 1.12 bits per heavy atom. The van der Waals surface area contributed by atoms with Crippen LogP contribution in [-0.2, 0) is 15.6 Å². The van der Waals surface area contributed by atoms with E-state index in [1.54, 1.807) is 12.1 Å². The van der Waals surface area contributed by atoms with Crippen LogP contribution in [0.25, 0.3) is 0 Å². The molecule has 3 aromatic rings. The highest BCUT2D eigenvalue weighted by Crippen LogP contribution is 2.42. The number of hydrogen-bond acceptors (Lipinski definition) is 6. The normalized spacial score (nSPS) is 18.5. The third kappa shape index (κ3) is 4.23. The standard InChI is InChI=1S/C20H15F4N3O4S/c21-15-11-13(5-6-16(15)31-20(22,23)24)19(7-10-30-17-4-2-9-26-18(17)19)27-32(28,29)14-3-1-8-25-12-14/h1-6,8-9,11-12,27H,7,10H2. The molecule has 0 spiro atoms. The number of pyridine rings is 2. The van der Waals surface area contributed by atoms with Gasteiger partial charge < -0.3 is 9.47 Å². The zero-order valence-electron chi connectivity index (χ0n) is 16.1. The molecule has 1 aliphatic rings. The molecular formula is C20H15F4N3O4S. The largest absolute Gasteiger partial charge is 0.573 e. The average molecular weight is 469 g/mol. The Kier molecular flexibility index (Phi) is 5.51. The summed E-state index contributed by atoms with van der Waals surface area (Å²) in [5.74, 6) is -2.10. The number of aromatic nitrogens is 2. The number of fused-ring (bicyclic) bond motifs is 1. The van der Waals surface area contributed by atoms with Gasteiger partial charge in [-0.2, -0.15) is 4.72 Å². The number of hydrogen-bond donors (Lipinski definition) is 1. The van der Waals surface area contributed by atoms with Crippen molar-refractivity contribution < 1.29 is 35.5 Å². The molecule has 0 saturated heterocycles. The second kappa shape index (κ2) is 8.02. The summed E-state index contributed by atoms with van der Waals surface area (Å²) < 4.78 is 90.3. The SMILES string of the molecule is O=S(=O)(NC1(c2ccc(OC(F)(F)F)c(F)c2)CCOc2cccnc21)c1cccnc1. The van der Waals surface area contributed by atoms with Crippen LogP contribution >= 0.6 is 0 Å². The fraction of sp³-hybridized carbons (Fsp3) is 0.200. The zero-order chi connectivity index (χ0) is 23.0. The monoisotopic (exact) mass is 469 g/mol. The number of alkyl halides is 3. The van der Waals surface area contributed by atoms with Crippen LogP contribution in [0.15, 0.2) is 66.0 Å². The first kappa shape index (κ1) is 22.0. The maximum Gasteiger partial charge on any atom is 0.573 e. The highest BCUT2D eigenvalue weighted by Gasteiger charge is 2.45. The van der Waals surface area contributed by atoms with Crippen molar-refractivity contribution in [3.05, 3.63) is 78.1 Å². The minimum absolute atomic E-state index is 0.00454. The molecule has 12 heteroatoms. The average Bonchev–Trinajstić information content (AvgIpc) is 2.75. The molecule has 4 rings (SSSR count). The molecule has 0 saturated carbocycles. The Labute approximate surface area is 180 Å². The first-order valence-electron chi connectivity index (χ1n) is 9.19. The van der Waals surface area contributed by atoms with Crippen LogP contribution in [0.2, 0.25) is 0 Å². The molecule has 0 fully saturated rings. The van der Waals surface area contributed by atoms with E-state index in [1.165, 1.54) is 24.5 Å². The van der Waals surface area contributed by atoms with E-state index in [1.807, 2.05) is 0 Å². The molecule has 1 atom stereocenters. The summed E-state index contributed by atoms with van der Waals surface area (Å²) in [7, 11) is -4.20. The van der Waals surface area contributed by atoms with Gasteiger partial charge in [0.15, 0.2) is 11.6 Å². The van der Waals surface area contributed by atoms with Gasteiger partial charge in [-0.05, 0) is 42.0 Å². The van der Waals surface area contributed by atoms with Gasteiger partial charge in [-0.15, -0.1) is 13.2 Å². The smallest absolute Gasteiger partial charge is 0.491 e. The van der Waals surface area contributed by atoms with Gasteiger partial charge in [-0.3, -0.25) is 9.97 Å². The van der Waals surface area contributed by atoms with Crippen LogP contribution < -0.4 is 14.2 Å². The van der Waals surface area contributed by atoms with Crippen molar-refractivity contribution in [1.29, 1.82) is 0 Å². The van der Waals surface area contributed by atoms with Gasteiger partial charge in [-0.1, -0.05) is 6.07 Å². The summed E-state index contributed by atoms with van der Waals surface area (Å²) in [6.07, 6.45) is -1.16. The molecule has 1 aromatic carbocycles. The van der Waals surface area contributed by atoms with E-state index >= 15 is 0 Å². The number of halogens is 4. The molecule has 168 valence electrons. The second-order valence-corrected chi connectivity index (χ2v) is 8.52. The molecule has 7 nitrogen and oxygen atoms in total. The molecule has 0 aliphatic carbocycles. The molecule has 1 N–H and O–H groups in total. The molecular weight excluding hydrogens is 454 g/mol. The van der Waals surface area contributed by atoms with Gasteiger partial charge in [0.05, 0.1) is 6.61 Å². The number of rotatable bonds is 5. The van der Waals surface area contributed by atoms with Crippen LogP contribution in [0.3, 0.4) is 0 Å². The lowest BCUT2D eigenvalue weighted by Gasteiger charge is -2.38. The Bertz CT molecular complexity index is 1240. The fourth-order valence-electron chi connectivity index (χ4n) is 3.47. The highest BCUT2D eigenvalue weighted by molar-refractivity contribution is 7.89. The summed E-state index contributed by atoms with van der Waals surface area (Å²) in [5, 5.41) is 0. The molecule has 32 heavy (non-hydrogen) atoms. The van der Waals surface area contributed by atoms with Gasteiger partial charge >= 0.3 is 6.36 Å². The van der Waals surface area contributed by atoms with Crippen LogP contribution in [0, 0.1) is 5.82 Å². The van der Waals surface area contributed by atoms with E-state index in [4.69, 9.17) is 4.74 Å². The third-order valence-corrected chi connectivity index (χ3v) is 6.29. The molecule has 1 unspecified atom stereocenters. The van der Waals surface area contributed by atoms with Crippen LogP contribution in [-0.4, -0.2) is 31.4 Å². The molecule has 2 aromatic heterocycles. The molecule has 1 aliphatic heterocycles. The first-order chi connectivity index (χ1) is 15.1. The minimum Gasteiger partial charge on any atom is -0.491 e. The quantitative estimate of drug-likeness (QED) is 0.575. The van der Waals surface area contributed by atoms with Crippen LogP contribution in [0.4, 0.5) is 17.6 Å². The van der Waals surface area contributed by atoms with E-state index in [-0.39, 0.29) is 34.9 Å². The molecule has 0 bridgehead atoms. The lowest BCUT2D eigenvalue weighted by molar-refractivity contribution is -0.275. The number of benzene rings is 1. The van der Waals surface area contributed by atoms with Gasteiger partial charge in [0, 0.05) is 25.0 Å². The third-order valence-electron chi connectivity index (χ3n) is 4.81. The number of sulfonamides is 1. The van der Waals surface area contributed by atoms with Crippen molar-refractivity contribution in [2.75, 3.05) is 6.61 Å². The van der Waals surface area contributed by atoms with Crippen molar-refractivity contribution in [3.63, 3.8) is 0 Å². The predicted octanol–water partition coefficient (Wildman–Crippen LogP) is 3.52. The van der Waals surface area contributed by atoms with E-state index in [0.717, 1.165) is 24.4 Å². The summed E-state index contributed by atoms with van der Waals surface area (Å²) in [4.78, 5) is 7.89. The van der Waals surface area contributed by atoms with E-state index in [0.29, 0.717) is 0 Å². The lowest BCUT2D eigenvalue weighted by atomic mass is 9.82. The Morgan fingerprint density at radius 3 is 2.59 bits per heavy atom. The van der Waals surface area contributed by atoms with Crippen LogP contribution in [0.1, 0.15) is 17.7 Å².